The first-order valence-corrected chi connectivity index (χ1v) is 6.74. The Kier molecular flexibility index (Phi) is 3.15. The largest absolute Gasteiger partial charge is 0.497 e. The van der Waals surface area contributed by atoms with E-state index in [4.69, 9.17) is 4.74 Å². The maximum absolute atomic E-state index is 5.29. The molecule has 1 aromatic heterocycles. The first kappa shape index (κ1) is 12.7. The number of ether oxygens (including phenoxy) is 1. The third-order valence-electron chi connectivity index (χ3n) is 3.78. The molecular formula is C18H18NO+. The number of aromatic nitrogens is 1. The van der Waals surface area contributed by atoms with Crippen LogP contribution in [0.15, 0.2) is 42.6 Å². The van der Waals surface area contributed by atoms with Crippen LogP contribution in [-0.2, 0) is 6.42 Å². The molecule has 100 valence electrons. The van der Waals surface area contributed by atoms with Crippen molar-refractivity contribution in [2.45, 2.75) is 13.3 Å². The zero-order chi connectivity index (χ0) is 14.1. The van der Waals surface area contributed by atoms with Gasteiger partial charge in [-0.25, -0.2) is 0 Å². The Morgan fingerprint density at radius 3 is 2.85 bits per heavy atom. The van der Waals surface area contributed by atoms with Crippen LogP contribution in [0, 0.1) is 13.6 Å². The van der Waals surface area contributed by atoms with Gasteiger partial charge in [-0.3, -0.25) is 0 Å². The summed E-state index contributed by atoms with van der Waals surface area (Å²) >= 11 is 0. The second kappa shape index (κ2) is 4.97. The molecule has 0 spiro atoms. The number of methoxy groups -OCH3 is 1. The van der Waals surface area contributed by atoms with Crippen LogP contribution in [0.1, 0.15) is 11.1 Å². The molecule has 0 fully saturated rings. The molecule has 0 N–H and O–H groups in total. The molecule has 0 unspecified atom stereocenters. The number of rotatable bonds is 2. The Hall–Kier alpha value is -2.35. The molecule has 0 amide bonds. The molecule has 1 aliphatic carbocycles. The van der Waals surface area contributed by atoms with Crippen molar-refractivity contribution in [3.05, 3.63) is 65.7 Å². The lowest BCUT2D eigenvalue weighted by molar-refractivity contribution is -0.486. The molecule has 0 atom stereocenters. The number of fused-ring (bicyclic) bond motifs is 1. The lowest BCUT2D eigenvalue weighted by atomic mass is 9.95. The predicted octanol–water partition coefficient (Wildman–Crippen LogP) is 2.49. The van der Waals surface area contributed by atoms with E-state index in [1.807, 2.05) is 16.5 Å². The Morgan fingerprint density at radius 1 is 1.25 bits per heavy atom. The van der Waals surface area contributed by atoms with Crippen LogP contribution in [0.2, 0.25) is 0 Å². The summed E-state index contributed by atoms with van der Waals surface area (Å²) in [6.45, 7) is 6.25. The van der Waals surface area contributed by atoms with Crippen molar-refractivity contribution in [1.82, 2.24) is 0 Å². The summed E-state index contributed by atoms with van der Waals surface area (Å²) in [4.78, 5) is 0. The van der Waals surface area contributed by atoms with Gasteiger partial charge in [0.25, 0.3) is 0 Å². The number of aryl methyl sites for hydroxylation is 1. The van der Waals surface area contributed by atoms with E-state index in [-0.39, 0.29) is 0 Å². The van der Waals surface area contributed by atoms with Gasteiger partial charge in [0.1, 0.15) is 12.5 Å². The summed E-state index contributed by atoms with van der Waals surface area (Å²) in [5.74, 6) is 0.887. The third kappa shape index (κ3) is 2.03. The molecule has 0 saturated heterocycles. The average Bonchev–Trinajstić information content (AvgIpc) is 2.48. The predicted molar refractivity (Wildman–Crippen MR) is 81.1 cm³/mol. The van der Waals surface area contributed by atoms with Crippen LogP contribution in [0.5, 0.6) is 5.75 Å². The van der Waals surface area contributed by atoms with Crippen LogP contribution in [0.3, 0.4) is 0 Å². The first-order chi connectivity index (χ1) is 9.70. The molecule has 0 bridgehead atoms. The normalized spacial score (nSPS) is 12.7. The minimum absolute atomic E-state index is 0.887. The molecule has 0 radical (unpaired) electrons. The molecule has 2 aromatic rings. The van der Waals surface area contributed by atoms with Gasteiger partial charge in [0.15, 0.2) is 6.20 Å². The van der Waals surface area contributed by atoms with Crippen molar-refractivity contribution in [2.75, 3.05) is 7.11 Å². The molecule has 3 rings (SSSR count). The van der Waals surface area contributed by atoms with Crippen molar-refractivity contribution < 1.29 is 8.98 Å². The van der Waals surface area contributed by atoms with Crippen LogP contribution in [0.4, 0.5) is 0 Å². The summed E-state index contributed by atoms with van der Waals surface area (Å²) in [5.41, 5.74) is 4.92. The zero-order valence-corrected chi connectivity index (χ0v) is 11.9. The van der Waals surface area contributed by atoms with Gasteiger partial charge in [-0.2, -0.15) is 4.24 Å². The molecule has 2 nitrogen and oxygen atoms in total. The standard InChI is InChI=1S/C18H18NO/c1-13-12-15(20-3)8-9-16(13)18-17-7-5-4-6-14(17)10-11-19(18)2/h4-6,8-12H,2,7H2,1,3H3/q+1. The van der Waals surface area contributed by atoms with Crippen molar-refractivity contribution in [2.24, 2.45) is 0 Å². The quantitative estimate of drug-likeness (QED) is 0.761. The van der Waals surface area contributed by atoms with Gasteiger partial charge in [-0.15, -0.1) is 0 Å². The molecule has 0 aliphatic heterocycles. The maximum atomic E-state index is 5.29. The fourth-order valence-electron chi connectivity index (χ4n) is 2.73. The Bertz CT molecular complexity index is 803. The summed E-state index contributed by atoms with van der Waals surface area (Å²) in [6.07, 6.45) is 9.42. The molecule has 0 saturated carbocycles. The van der Waals surface area contributed by atoms with Gasteiger partial charge >= 0.3 is 0 Å². The van der Waals surface area contributed by atoms with Crippen molar-refractivity contribution in [3.8, 4) is 17.0 Å². The fraction of sp³-hybridized carbons (Fsp3) is 0.167. The molecule has 1 heterocycles. The zero-order valence-electron chi connectivity index (χ0n) is 11.9. The fourth-order valence-corrected chi connectivity index (χ4v) is 2.73. The van der Waals surface area contributed by atoms with Crippen molar-refractivity contribution in [1.29, 1.82) is 0 Å². The Balaban J connectivity index is 2.28. The van der Waals surface area contributed by atoms with Gasteiger partial charge in [-0.1, -0.05) is 18.2 Å². The highest BCUT2D eigenvalue weighted by Gasteiger charge is 2.18. The van der Waals surface area contributed by atoms with Gasteiger partial charge in [0.05, 0.1) is 12.7 Å². The monoisotopic (exact) mass is 264 g/mol. The number of nitrogens with zero attached hydrogens (tertiary/aromatic N) is 1. The van der Waals surface area contributed by atoms with Crippen molar-refractivity contribution >= 4 is 6.08 Å². The van der Waals surface area contributed by atoms with E-state index in [2.05, 4.69) is 50.1 Å². The SMILES string of the molecule is C=[n+]1ccc2c(c1-c1ccc(OC)cc1C)CC=CC=2. The molecule has 20 heavy (non-hydrogen) atoms. The van der Waals surface area contributed by atoms with E-state index >= 15 is 0 Å². The number of pyridine rings is 1. The van der Waals surface area contributed by atoms with E-state index in [1.54, 1.807) is 7.11 Å². The molecule has 1 aliphatic rings. The number of benzene rings is 1. The van der Waals surface area contributed by atoms with E-state index in [9.17, 15) is 0 Å². The highest BCUT2D eigenvalue weighted by molar-refractivity contribution is 5.67. The lowest BCUT2D eigenvalue weighted by Gasteiger charge is -2.10. The van der Waals surface area contributed by atoms with E-state index in [1.165, 1.54) is 27.6 Å². The van der Waals surface area contributed by atoms with Crippen LogP contribution in [-0.4, -0.2) is 7.11 Å². The van der Waals surface area contributed by atoms with Gasteiger partial charge in [-0.05, 0) is 42.3 Å². The van der Waals surface area contributed by atoms with Crippen LogP contribution in [0.25, 0.3) is 17.3 Å². The topological polar surface area (TPSA) is 15.1 Å². The number of hydrogen-bond acceptors (Lipinski definition) is 1. The highest BCUT2D eigenvalue weighted by atomic mass is 16.5. The van der Waals surface area contributed by atoms with Gasteiger partial charge < -0.3 is 4.74 Å². The first-order valence-electron chi connectivity index (χ1n) is 6.74. The lowest BCUT2D eigenvalue weighted by Crippen LogP contribution is -2.26. The van der Waals surface area contributed by atoms with Crippen molar-refractivity contribution in [3.63, 3.8) is 0 Å². The highest BCUT2D eigenvalue weighted by Crippen LogP contribution is 2.26. The summed E-state index contributed by atoms with van der Waals surface area (Å²) in [5, 5.41) is 1.28. The molecule has 1 aromatic carbocycles. The molecule has 2 heteroatoms. The van der Waals surface area contributed by atoms with E-state index < -0.39 is 0 Å². The maximum Gasteiger partial charge on any atom is 0.221 e. The summed E-state index contributed by atoms with van der Waals surface area (Å²) < 4.78 is 7.25. The smallest absolute Gasteiger partial charge is 0.221 e. The van der Waals surface area contributed by atoms with E-state index in [0.29, 0.717) is 0 Å². The van der Waals surface area contributed by atoms with Crippen LogP contribution >= 0.6 is 0 Å². The minimum Gasteiger partial charge on any atom is -0.497 e. The Labute approximate surface area is 119 Å². The van der Waals surface area contributed by atoms with Gasteiger partial charge in [0.2, 0.25) is 5.69 Å². The number of hydrogen-bond donors (Lipinski definition) is 0. The third-order valence-corrected chi connectivity index (χ3v) is 3.78. The average molecular weight is 264 g/mol. The van der Waals surface area contributed by atoms with Crippen LogP contribution < -0.4 is 14.2 Å². The second-order valence-electron chi connectivity index (χ2n) is 5.05. The summed E-state index contributed by atoms with van der Waals surface area (Å²) in [7, 11) is 1.69. The van der Waals surface area contributed by atoms with Gasteiger partial charge in [0, 0.05) is 11.6 Å². The minimum atomic E-state index is 0.887. The second-order valence-corrected chi connectivity index (χ2v) is 5.05. The Morgan fingerprint density at radius 2 is 2.10 bits per heavy atom. The number of allylic oxidation sites excluding steroid dienone is 2. The van der Waals surface area contributed by atoms with E-state index in [0.717, 1.165) is 12.2 Å². The summed E-state index contributed by atoms with van der Waals surface area (Å²) in [6, 6.07) is 8.30. The molecular weight excluding hydrogens is 246 g/mol.